The van der Waals surface area contributed by atoms with Gasteiger partial charge in [0, 0.05) is 34.6 Å². The zero-order valence-electron chi connectivity index (χ0n) is 12.9. The van der Waals surface area contributed by atoms with Crippen LogP contribution in [0.1, 0.15) is 19.4 Å². The van der Waals surface area contributed by atoms with Crippen molar-refractivity contribution >= 4 is 38.7 Å². The number of H-pyrrole nitrogens is 1. The first-order valence-electron chi connectivity index (χ1n) is 7.33. The molecule has 0 spiro atoms. The van der Waals surface area contributed by atoms with Gasteiger partial charge in [0.1, 0.15) is 12.1 Å². The highest BCUT2D eigenvalue weighted by molar-refractivity contribution is 9.10. The minimum atomic E-state index is -1.08. The number of amides is 1. The van der Waals surface area contributed by atoms with E-state index in [2.05, 4.69) is 26.2 Å². The van der Waals surface area contributed by atoms with Crippen LogP contribution in [0.5, 0.6) is 0 Å². The fraction of sp³-hybridized carbons (Fsp3) is 0.375. The lowest BCUT2D eigenvalue weighted by molar-refractivity contribution is -0.143. The molecule has 0 radical (unpaired) electrons. The van der Waals surface area contributed by atoms with Crippen molar-refractivity contribution in [1.29, 1.82) is 0 Å². The molecular weight excluding hydrogens is 364 g/mol. The smallest absolute Gasteiger partial charge is 0.326 e. The molecule has 1 amide bonds. The van der Waals surface area contributed by atoms with E-state index < -0.39 is 24.0 Å². The molecule has 0 aliphatic rings. The molecule has 2 aromatic rings. The van der Waals surface area contributed by atoms with Gasteiger partial charge in [-0.05, 0) is 31.5 Å². The predicted octanol–water partition coefficient (Wildman–Crippen LogP) is 2.47. The van der Waals surface area contributed by atoms with Gasteiger partial charge in [0.15, 0.2) is 0 Å². The number of carboxylic acid groups (broad SMARTS) is 1. The molecule has 0 aliphatic heterocycles. The highest BCUT2D eigenvalue weighted by Crippen LogP contribution is 2.27. The summed E-state index contributed by atoms with van der Waals surface area (Å²) in [5.74, 6) is -1.51. The number of halogens is 1. The number of aromatic amines is 1. The standard InChI is InChI=1S/C16H19BrN2O4/c1-3-23-9(2)15(20)19-13(16(21)22)7-10-8-18-12-6-4-5-11(17)14(10)12/h4-6,8-9,13,18H,3,7H2,1-2H3,(H,19,20)(H,21,22). The second-order valence-electron chi connectivity index (χ2n) is 5.18. The summed E-state index contributed by atoms with van der Waals surface area (Å²) < 4.78 is 6.07. The maximum atomic E-state index is 12.0. The molecule has 0 saturated heterocycles. The van der Waals surface area contributed by atoms with Crippen molar-refractivity contribution in [2.24, 2.45) is 0 Å². The average molecular weight is 383 g/mol. The fourth-order valence-corrected chi connectivity index (χ4v) is 3.02. The summed E-state index contributed by atoms with van der Waals surface area (Å²) in [6.07, 6.45) is 1.27. The van der Waals surface area contributed by atoms with Gasteiger partial charge >= 0.3 is 5.97 Å². The minimum Gasteiger partial charge on any atom is -0.480 e. The van der Waals surface area contributed by atoms with E-state index in [1.165, 1.54) is 0 Å². The topological polar surface area (TPSA) is 91.4 Å². The van der Waals surface area contributed by atoms with Crippen LogP contribution in [0.2, 0.25) is 0 Å². The van der Waals surface area contributed by atoms with Gasteiger partial charge in [-0.15, -0.1) is 0 Å². The Morgan fingerprint density at radius 3 is 2.83 bits per heavy atom. The summed E-state index contributed by atoms with van der Waals surface area (Å²) in [6, 6.07) is 4.68. The van der Waals surface area contributed by atoms with E-state index in [0.29, 0.717) is 6.61 Å². The molecule has 2 unspecified atom stereocenters. The van der Waals surface area contributed by atoms with Crippen molar-refractivity contribution in [2.75, 3.05) is 6.61 Å². The van der Waals surface area contributed by atoms with Gasteiger partial charge < -0.3 is 20.1 Å². The quantitative estimate of drug-likeness (QED) is 0.685. The van der Waals surface area contributed by atoms with Gasteiger partial charge in [-0.3, -0.25) is 4.79 Å². The lowest BCUT2D eigenvalue weighted by atomic mass is 10.0. The summed E-state index contributed by atoms with van der Waals surface area (Å²) in [5, 5.41) is 12.8. The summed E-state index contributed by atoms with van der Waals surface area (Å²) >= 11 is 3.47. The number of nitrogens with one attached hydrogen (secondary N) is 2. The molecule has 23 heavy (non-hydrogen) atoms. The molecule has 2 rings (SSSR count). The normalized spacial score (nSPS) is 13.7. The third-order valence-corrected chi connectivity index (χ3v) is 4.22. The monoisotopic (exact) mass is 382 g/mol. The summed E-state index contributed by atoms with van der Waals surface area (Å²) in [7, 11) is 0. The number of ether oxygens (including phenoxy) is 1. The molecule has 1 aromatic carbocycles. The number of rotatable bonds is 7. The van der Waals surface area contributed by atoms with Gasteiger partial charge in [-0.25, -0.2) is 4.79 Å². The molecule has 0 aliphatic carbocycles. The van der Waals surface area contributed by atoms with E-state index in [1.807, 2.05) is 18.2 Å². The SMILES string of the molecule is CCOC(C)C(=O)NC(Cc1c[nH]c2cccc(Br)c12)C(=O)O. The molecule has 0 bridgehead atoms. The molecule has 6 nitrogen and oxygen atoms in total. The number of carboxylic acids is 1. The molecule has 0 saturated carbocycles. The van der Waals surface area contributed by atoms with Crippen molar-refractivity contribution in [3.63, 3.8) is 0 Å². The van der Waals surface area contributed by atoms with Crippen LogP contribution in [0.4, 0.5) is 0 Å². The number of carbonyl (C=O) groups is 2. The van der Waals surface area contributed by atoms with E-state index in [4.69, 9.17) is 4.74 Å². The Kier molecular flexibility index (Phi) is 5.79. The third kappa shape index (κ3) is 4.11. The van der Waals surface area contributed by atoms with E-state index in [0.717, 1.165) is 20.9 Å². The number of aromatic nitrogens is 1. The number of benzene rings is 1. The third-order valence-electron chi connectivity index (χ3n) is 3.56. The highest BCUT2D eigenvalue weighted by atomic mass is 79.9. The Balaban J connectivity index is 2.19. The van der Waals surface area contributed by atoms with Gasteiger partial charge in [-0.1, -0.05) is 22.0 Å². The Morgan fingerprint density at radius 1 is 1.43 bits per heavy atom. The Bertz CT molecular complexity index is 713. The Morgan fingerprint density at radius 2 is 2.17 bits per heavy atom. The zero-order valence-corrected chi connectivity index (χ0v) is 14.5. The average Bonchev–Trinajstić information content (AvgIpc) is 2.91. The number of hydrogen-bond donors (Lipinski definition) is 3. The Hall–Kier alpha value is -1.86. The van der Waals surface area contributed by atoms with Crippen LogP contribution in [0.3, 0.4) is 0 Å². The lowest BCUT2D eigenvalue weighted by Crippen LogP contribution is -2.46. The van der Waals surface area contributed by atoms with Crippen molar-refractivity contribution < 1.29 is 19.4 Å². The van der Waals surface area contributed by atoms with Crippen LogP contribution in [-0.4, -0.2) is 40.7 Å². The lowest BCUT2D eigenvalue weighted by Gasteiger charge is -2.17. The van der Waals surface area contributed by atoms with Crippen LogP contribution in [-0.2, 0) is 20.7 Å². The second-order valence-corrected chi connectivity index (χ2v) is 6.03. The van der Waals surface area contributed by atoms with Crippen LogP contribution in [0, 0.1) is 0 Å². The van der Waals surface area contributed by atoms with Gasteiger partial charge in [0.2, 0.25) is 5.91 Å². The van der Waals surface area contributed by atoms with E-state index >= 15 is 0 Å². The molecule has 1 heterocycles. The van der Waals surface area contributed by atoms with E-state index in [1.54, 1.807) is 20.0 Å². The molecule has 3 N–H and O–H groups in total. The summed E-state index contributed by atoms with van der Waals surface area (Å²) in [5.41, 5.74) is 1.73. The highest BCUT2D eigenvalue weighted by Gasteiger charge is 2.24. The van der Waals surface area contributed by atoms with Crippen LogP contribution >= 0.6 is 15.9 Å². The van der Waals surface area contributed by atoms with Gasteiger partial charge in [-0.2, -0.15) is 0 Å². The first-order valence-corrected chi connectivity index (χ1v) is 8.12. The molecule has 1 aromatic heterocycles. The largest absolute Gasteiger partial charge is 0.480 e. The minimum absolute atomic E-state index is 0.183. The Labute approximate surface area is 142 Å². The number of fused-ring (bicyclic) bond motifs is 1. The molecule has 7 heteroatoms. The summed E-state index contributed by atoms with van der Waals surface area (Å²) in [4.78, 5) is 26.6. The first kappa shape index (κ1) is 17.5. The summed E-state index contributed by atoms with van der Waals surface area (Å²) in [6.45, 7) is 3.77. The van der Waals surface area contributed by atoms with Crippen LogP contribution in [0.15, 0.2) is 28.9 Å². The molecule has 124 valence electrons. The van der Waals surface area contributed by atoms with Crippen molar-refractivity contribution in [1.82, 2.24) is 10.3 Å². The van der Waals surface area contributed by atoms with Crippen molar-refractivity contribution in [2.45, 2.75) is 32.4 Å². The maximum Gasteiger partial charge on any atom is 0.326 e. The van der Waals surface area contributed by atoms with E-state index in [9.17, 15) is 14.7 Å². The molecular formula is C16H19BrN2O4. The van der Waals surface area contributed by atoms with Crippen LogP contribution < -0.4 is 5.32 Å². The predicted molar refractivity (Wildman–Crippen MR) is 90.4 cm³/mol. The first-order chi connectivity index (χ1) is 10.9. The van der Waals surface area contributed by atoms with Gasteiger partial charge in [0.05, 0.1) is 0 Å². The van der Waals surface area contributed by atoms with Crippen molar-refractivity contribution in [3.05, 3.63) is 34.4 Å². The fourth-order valence-electron chi connectivity index (χ4n) is 2.40. The van der Waals surface area contributed by atoms with Crippen molar-refractivity contribution in [3.8, 4) is 0 Å². The number of aliphatic carboxylic acids is 1. The van der Waals surface area contributed by atoms with E-state index in [-0.39, 0.29) is 6.42 Å². The molecule has 0 fully saturated rings. The zero-order chi connectivity index (χ0) is 17.0. The second kappa shape index (κ2) is 7.61. The number of carbonyl (C=O) groups excluding carboxylic acids is 1. The van der Waals surface area contributed by atoms with Gasteiger partial charge in [0.25, 0.3) is 0 Å². The maximum absolute atomic E-state index is 12.0. The molecule has 2 atom stereocenters. The van der Waals surface area contributed by atoms with Crippen LogP contribution in [0.25, 0.3) is 10.9 Å². The number of hydrogen-bond acceptors (Lipinski definition) is 3.